The van der Waals surface area contributed by atoms with E-state index in [0.717, 1.165) is 29.9 Å². The molecule has 0 radical (unpaired) electrons. The van der Waals surface area contributed by atoms with E-state index in [1.807, 2.05) is 25.6 Å². The summed E-state index contributed by atoms with van der Waals surface area (Å²) >= 11 is 0. The van der Waals surface area contributed by atoms with E-state index in [2.05, 4.69) is 50.9 Å². The van der Waals surface area contributed by atoms with Crippen LogP contribution in [0.2, 0.25) is 18.1 Å². The summed E-state index contributed by atoms with van der Waals surface area (Å²) < 4.78 is 8.43. The van der Waals surface area contributed by atoms with Crippen LogP contribution in [0.4, 0.5) is 0 Å². The van der Waals surface area contributed by atoms with Gasteiger partial charge in [0.25, 0.3) is 0 Å². The number of hydrogen-bond donors (Lipinski definition) is 1. The van der Waals surface area contributed by atoms with Crippen molar-refractivity contribution < 1.29 is 9.53 Å². The van der Waals surface area contributed by atoms with Crippen molar-refractivity contribution in [1.29, 1.82) is 0 Å². The first-order valence-electron chi connectivity index (χ1n) is 8.91. The largest absolute Gasteiger partial charge is 0.413 e. The fourth-order valence-corrected chi connectivity index (χ4v) is 4.80. The van der Waals surface area contributed by atoms with Gasteiger partial charge in [-0.25, -0.2) is 0 Å². The molecule has 1 aliphatic heterocycles. The molecule has 2 heterocycles. The van der Waals surface area contributed by atoms with E-state index < -0.39 is 14.4 Å². The smallest absolute Gasteiger partial charge is 0.192 e. The molecule has 24 heavy (non-hydrogen) atoms. The van der Waals surface area contributed by atoms with Crippen LogP contribution in [0, 0.1) is 13.8 Å². The Hall–Kier alpha value is -0.693. The van der Waals surface area contributed by atoms with Crippen LogP contribution in [0.5, 0.6) is 0 Å². The molecule has 0 spiro atoms. The van der Waals surface area contributed by atoms with Crippen molar-refractivity contribution >= 4 is 8.32 Å². The summed E-state index contributed by atoms with van der Waals surface area (Å²) in [5.41, 5.74) is 2.94. The highest BCUT2D eigenvalue weighted by Gasteiger charge is 2.43. The highest BCUT2D eigenvalue weighted by molar-refractivity contribution is 6.74. The Labute approximate surface area is 148 Å². The zero-order valence-corrected chi connectivity index (χ0v) is 17.8. The van der Waals surface area contributed by atoms with E-state index in [9.17, 15) is 5.11 Å². The van der Waals surface area contributed by atoms with Gasteiger partial charge in [0.1, 0.15) is 0 Å². The summed E-state index contributed by atoms with van der Waals surface area (Å²) in [5.74, 6) is 0. The molecule has 5 nitrogen and oxygen atoms in total. The minimum absolute atomic E-state index is 0.0846. The standard InChI is InChI=1S/C18H35N3O2Si/c1-12-16(13(2)21(7)19-12)17(22)15-10-14(11-20(15)6)23-24(8,9)18(3,4)5/h14-15,17,22H,10-11H2,1-9H3/t14-,15+,17?/m0/s1. The van der Waals surface area contributed by atoms with E-state index in [0.29, 0.717) is 0 Å². The van der Waals surface area contributed by atoms with Crippen LogP contribution in [-0.2, 0) is 11.5 Å². The highest BCUT2D eigenvalue weighted by Crippen LogP contribution is 2.40. The topological polar surface area (TPSA) is 50.5 Å². The van der Waals surface area contributed by atoms with Gasteiger partial charge in [-0.3, -0.25) is 9.58 Å². The predicted octanol–water partition coefficient (Wildman–Crippen LogP) is 3.16. The summed E-state index contributed by atoms with van der Waals surface area (Å²) in [7, 11) is 2.23. The number of aliphatic hydroxyl groups excluding tert-OH is 1. The Balaban J connectivity index is 2.14. The third kappa shape index (κ3) is 3.61. The van der Waals surface area contributed by atoms with Gasteiger partial charge in [-0.05, 0) is 45.4 Å². The molecule has 0 aromatic carbocycles. The molecule has 3 atom stereocenters. The van der Waals surface area contributed by atoms with Crippen molar-refractivity contribution in [2.75, 3.05) is 13.6 Å². The molecule has 138 valence electrons. The Bertz CT molecular complexity index is 592. The summed E-state index contributed by atoms with van der Waals surface area (Å²) in [6.45, 7) is 16.3. The third-order valence-electron chi connectivity index (χ3n) is 6.05. The lowest BCUT2D eigenvalue weighted by Gasteiger charge is -2.38. The lowest BCUT2D eigenvalue weighted by Crippen LogP contribution is -2.44. The number of rotatable bonds is 4. The first-order chi connectivity index (χ1) is 10.8. The molecule has 0 aliphatic carbocycles. The molecule has 1 aromatic rings. The van der Waals surface area contributed by atoms with Crippen molar-refractivity contribution in [1.82, 2.24) is 14.7 Å². The summed E-state index contributed by atoms with van der Waals surface area (Å²) in [4.78, 5) is 2.24. The van der Waals surface area contributed by atoms with Crippen LogP contribution >= 0.6 is 0 Å². The predicted molar refractivity (Wildman–Crippen MR) is 101 cm³/mol. The molecular weight excluding hydrogens is 318 g/mol. The molecule has 1 N–H and O–H groups in total. The van der Waals surface area contributed by atoms with Crippen molar-refractivity contribution in [3.63, 3.8) is 0 Å². The number of nitrogens with zero attached hydrogens (tertiary/aromatic N) is 3. The number of hydrogen-bond acceptors (Lipinski definition) is 4. The quantitative estimate of drug-likeness (QED) is 0.845. The molecular formula is C18H35N3O2Si. The number of likely N-dealkylation sites (tertiary alicyclic amines) is 1. The van der Waals surface area contributed by atoms with E-state index in [1.54, 1.807) is 0 Å². The second-order valence-corrected chi connectivity index (χ2v) is 13.7. The Morgan fingerprint density at radius 2 is 1.83 bits per heavy atom. The average molecular weight is 354 g/mol. The highest BCUT2D eigenvalue weighted by atomic mass is 28.4. The zero-order chi connectivity index (χ0) is 18.4. The molecule has 1 saturated heterocycles. The van der Waals surface area contributed by atoms with Crippen LogP contribution < -0.4 is 0 Å². The summed E-state index contributed by atoms with van der Waals surface area (Å²) in [6, 6.07) is 0.0846. The molecule has 0 saturated carbocycles. The van der Waals surface area contributed by atoms with Crippen LogP contribution in [0.1, 0.15) is 50.2 Å². The van der Waals surface area contributed by atoms with Gasteiger partial charge >= 0.3 is 0 Å². The molecule has 6 heteroatoms. The van der Waals surface area contributed by atoms with Crippen LogP contribution in [0.25, 0.3) is 0 Å². The fraction of sp³-hybridized carbons (Fsp3) is 0.833. The lowest BCUT2D eigenvalue weighted by molar-refractivity contribution is 0.0841. The van der Waals surface area contributed by atoms with Crippen molar-refractivity contribution in [2.45, 2.75) is 77.4 Å². The van der Waals surface area contributed by atoms with Gasteiger partial charge in [0.05, 0.1) is 17.9 Å². The normalized spacial score (nSPS) is 24.6. The van der Waals surface area contributed by atoms with Crippen molar-refractivity contribution in [2.24, 2.45) is 7.05 Å². The number of likely N-dealkylation sites (N-methyl/N-ethyl adjacent to an activating group) is 1. The number of aliphatic hydroxyl groups is 1. The second-order valence-electron chi connectivity index (χ2n) is 8.90. The SMILES string of the molecule is Cc1nn(C)c(C)c1C(O)[C@H]1C[C@H](O[Si](C)(C)C(C)(C)C)CN1C. The van der Waals surface area contributed by atoms with Crippen molar-refractivity contribution in [3.05, 3.63) is 17.0 Å². The molecule has 1 aliphatic rings. The first-order valence-corrected chi connectivity index (χ1v) is 11.8. The Morgan fingerprint density at radius 1 is 1.25 bits per heavy atom. The van der Waals surface area contributed by atoms with Gasteiger partial charge in [0, 0.05) is 30.9 Å². The maximum Gasteiger partial charge on any atom is 0.192 e. The molecule has 2 rings (SSSR count). The van der Waals surface area contributed by atoms with Crippen molar-refractivity contribution in [3.8, 4) is 0 Å². The second kappa shape index (κ2) is 6.55. The third-order valence-corrected chi connectivity index (χ3v) is 10.6. The van der Waals surface area contributed by atoms with Gasteiger partial charge in [0.2, 0.25) is 0 Å². The van der Waals surface area contributed by atoms with Gasteiger partial charge in [-0.1, -0.05) is 20.8 Å². The molecule has 0 bridgehead atoms. The fourth-order valence-electron chi connectivity index (χ4n) is 3.44. The maximum atomic E-state index is 11.0. The summed E-state index contributed by atoms with van der Waals surface area (Å²) in [5, 5.41) is 15.7. The lowest BCUT2D eigenvalue weighted by atomic mass is 9.98. The average Bonchev–Trinajstić information content (AvgIpc) is 2.88. The number of aromatic nitrogens is 2. The number of aryl methyl sites for hydroxylation is 2. The van der Waals surface area contributed by atoms with Crippen LogP contribution in [0.3, 0.4) is 0 Å². The van der Waals surface area contributed by atoms with Gasteiger partial charge < -0.3 is 9.53 Å². The van der Waals surface area contributed by atoms with E-state index in [1.165, 1.54) is 0 Å². The Morgan fingerprint density at radius 3 is 2.29 bits per heavy atom. The van der Waals surface area contributed by atoms with E-state index in [4.69, 9.17) is 4.43 Å². The monoisotopic (exact) mass is 353 g/mol. The minimum Gasteiger partial charge on any atom is -0.413 e. The van der Waals surface area contributed by atoms with Crippen LogP contribution in [0.15, 0.2) is 0 Å². The van der Waals surface area contributed by atoms with Crippen LogP contribution in [-0.4, -0.2) is 53.8 Å². The zero-order valence-electron chi connectivity index (χ0n) is 16.8. The van der Waals surface area contributed by atoms with E-state index in [-0.39, 0.29) is 17.2 Å². The molecule has 0 amide bonds. The summed E-state index contributed by atoms with van der Waals surface area (Å²) in [6.07, 6.45) is 0.558. The molecule has 1 unspecified atom stereocenters. The minimum atomic E-state index is -1.79. The molecule has 1 fully saturated rings. The van der Waals surface area contributed by atoms with Gasteiger partial charge in [0.15, 0.2) is 8.32 Å². The Kier molecular flexibility index (Phi) is 5.36. The van der Waals surface area contributed by atoms with E-state index >= 15 is 0 Å². The van der Waals surface area contributed by atoms with Gasteiger partial charge in [-0.15, -0.1) is 0 Å². The first kappa shape index (κ1) is 19.6. The van der Waals surface area contributed by atoms with Gasteiger partial charge in [-0.2, -0.15) is 5.10 Å². The maximum absolute atomic E-state index is 11.0. The molecule has 1 aromatic heterocycles.